The Bertz CT molecular complexity index is 2010. The van der Waals surface area contributed by atoms with Crippen molar-refractivity contribution in [2.75, 3.05) is 9.80 Å². The molecule has 6 nitrogen and oxygen atoms in total. The van der Waals surface area contributed by atoms with Crippen LogP contribution in [0.15, 0.2) is 80.1 Å². The van der Waals surface area contributed by atoms with Gasteiger partial charge in [-0.3, -0.25) is 19.2 Å². The van der Waals surface area contributed by atoms with Crippen LogP contribution in [0.3, 0.4) is 0 Å². The van der Waals surface area contributed by atoms with E-state index in [-0.39, 0.29) is 54.8 Å². The topological polar surface area (TPSA) is 74.8 Å². The van der Waals surface area contributed by atoms with Gasteiger partial charge < -0.3 is 0 Å². The fraction of sp³-hybridized carbons (Fsp3) is 0.0968. The maximum atomic E-state index is 15.1. The number of benzene rings is 4. The lowest BCUT2D eigenvalue weighted by Gasteiger charge is -2.33. The molecule has 14 heteroatoms. The molecule has 228 valence electrons. The molecule has 0 saturated heterocycles. The van der Waals surface area contributed by atoms with Crippen molar-refractivity contribution >= 4 is 106 Å². The van der Waals surface area contributed by atoms with Gasteiger partial charge >= 0.3 is 6.18 Å². The molecular formula is C31H14Br3Cl2F3N2O4. The lowest BCUT2D eigenvalue weighted by molar-refractivity contribution is -0.173. The number of alkyl halides is 3. The summed E-state index contributed by atoms with van der Waals surface area (Å²) < 4.78 is 46.7. The van der Waals surface area contributed by atoms with Crippen molar-refractivity contribution in [2.45, 2.75) is 18.5 Å². The maximum Gasteiger partial charge on any atom is 0.402 e. The minimum Gasteiger partial charge on any atom is -0.268 e. The van der Waals surface area contributed by atoms with E-state index < -0.39 is 35.2 Å². The number of nitrogens with zero attached hydrogens (tertiary/aromatic N) is 2. The van der Waals surface area contributed by atoms with E-state index in [4.69, 9.17) is 23.2 Å². The first-order valence-electron chi connectivity index (χ1n) is 12.8. The summed E-state index contributed by atoms with van der Waals surface area (Å²) in [6, 6.07) is 14.0. The highest BCUT2D eigenvalue weighted by Gasteiger charge is 2.55. The Morgan fingerprint density at radius 2 is 1.09 bits per heavy atom. The molecule has 4 amide bonds. The van der Waals surface area contributed by atoms with Gasteiger partial charge in [0.25, 0.3) is 23.6 Å². The van der Waals surface area contributed by atoms with Crippen LogP contribution >= 0.6 is 71.0 Å². The monoisotopic (exact) mass is 842 g/mol. The van der Waals surface area contributed by atoms with Crippen molar-refractivity contribution in [1.82, 2.24) is 0 Å². The van der Waals surface area contributed by atoms with E-state index in [2.05, 4.69) is 47.8 Å². The highest BCUT2D eigenvalue weighted by atomic mass is 79.9. The van der Waals surface area contributed by atoms with Crippen LogP contribution in [0.1, 0.15) is 59.5 Å². The number of hydrogen-bond donors (Lipinski definition) is 0. The van der Waals surface area contributed by atoms with Crippen LogP contribution in [0.2, 0.25) is 10.0 Å². The molecule has 0 saturated carbocycles. The lowest BCUT2D eigenvalue weighted by atomic mass is 9.74. The predicted octanol–water partition coefficient (Wildman–Crippen LogP) is 9.75. The van der Waals surface area contributed by atoms with E-state index in [0.29, 0.717) is 13.4 Å². The average molecular weight is 846 g/mol. The van der Waals surface area contributed by atoms with Gasteiger partial charge in [-0.2, -0.15) is 13.2 Å². The first kappa shape index (κ1) is 31.9. The van der Waals surface area contributed by atoms with Crippen molar-refractivity contribution < 1.29 is 32.3 Å². The van der Waals surface area contributed by atoms with E-state index in [1.807, 2.05) is 0 Å². The third-order valence-corrected chi connectivity index (χ3v) is 10.1. The summed E-state index contributed by atoms with van der Waals surface area (Å²) in [5.74, 6) is -3.13. The molecule has 1 unspecified atom stereocenters. The fourth-order valence-electron chi connectivity index (χ4n) is 5.43. The molecule has 4 aromatic carbocycles. The van der Waals surface area contributed by atoms with Crippen LogP contribution < -0.4 is 9.80 Å². The molecule has 0 bridgehead atoms. The lowest BCUT2D eigenvalue weighted by Crippen LogP contribution is -2.41. The maximum absolute atomic E-state index is 15.1. The molecule has 0 aliphatic carbocycles. The molecule has 1 atom stereocenters. The summed E-state index contributed by atoms with van der Waals surface area (Å²) in [5.41, 5.74) is -3.88. The second-order valence-corrected chi connectivity index (χ2v) is 13.8. The Morgan fingerprint density at radius 1 is 0.622 bits per heavy atom. The minimum absolute atomic E-state index is 0.00551. The standard InChI is InChI=1S/C31H14Br3Cl2F3N2O4/c1-30(31(37,38)39,13-2-5-17-19(8-13)28(44)40(26(17)42)24-7-4-16(35)12-23(24)36)14-3-6-18-20(9-14)29(45)41(27(18)43)25-21(33)10-15(32)11-22(25)34/h2-12H,1H3. The highest BCUT2D eigenvalue weighted by molar-refractivity contribution is 9.11. The van der Waals surface area contributed by atoms with Crippen LogP contribution in [0, 0.1) is 0 Å². The predicted molar refractivity (Wildman–Crippen MR) is 174 cm³/mol. The van der Waals surface area contributed by atoms with E-state index in [1.165, 1.54) is 24.3 Å². The molecule has 0 radical (unpaired) electrons. The molecule has 2 aliphatic heterocycles. The molecule has 0 N–H and O–H groups in total. The number of rotatable bonds is 4. The number of anilines is 2. The smallest absolute Gasteiger partial charge is 0.268 e. The van der Waals surface area contributed by atoms with Gasteiger partial charge in [0.05, 0.1) is 38.7 Å². The van der Waals surface area contributed by atoms with Crippen LogP contribution in [-0.2, 0) is 5.41 Å². The van der Waals surface area contributed by atoms with Gasteiger partial charge in [0.2, 0.25) is 0 Å². The second kappa shape index (κ2) is 11.0. The largest absolute Gasteiger partial charge is 0.402 e. The molecule has 0 spiro atoms. The zero-order valence-electron chi connectivity index (χ0n) is 22.4. The Kier molecular flexibility index (Phi) is 7.84. The van der Waals surface area contributed by atoms with E-state index in [9.17, 15) is 19.2 Å². The fourth-order valence-corrected chi connectivity index (χ4v) is 8.54. The number of carbonyl (C=O) groups excluding carboxylic acids is 4. The number of carbonyl (C=O) groups is 4. The zero-order chi connectivity index (χ0) is 32.7. The first-order valence-corrected chi connectivity index (χ1v) is 15.9. The van der Waals surface area contributed by atoms with Crippen molar-refractivity contribution in [1.29, 1.82) is 0 Å². The summed E-state index contributed by atoms with van der Waals surface area (Å²) >= 11 is 22.2. The number of fused-ring (bicyclic) bond motifs is 2. The highest BCUT2D eigenvalue weighted by Crippen LogP contribution is 2.49. The molecule has 4 aromatic rings. The van der Waals surface area contributed by atoms with Gasteiger partial charge in [0.15, 0.2) is 0 Å². The SMILES string of the molecule is CC(c1ccc2c(c1)C(=O)N(c1ccc(Cl)cc1Cl)C2=O)(c1ccc2c(c1)C(=O)N(c1c(Br)cc(Br)cc1Br)C2=O)C(F)(F)F. The van der Waals surface area contributed by atoms with Crippen molar-refractivity contribution in [3.05, 3.63) is 124 Å². The Hall–Kier alpha value is -3.03. The van der Waals surface area contributed by atoms with Gasteiger partial charge in [-0.1, -0.05) is 51.3 Å². The molecule has 45 heavy (non-hydrogen) atoms. The first-order chi connectivity index (χ1) is 21.1. The third-order valence-electron chi connectivity index (χ3n) is 7.85. The van der Waals surface area contributed by atoms with E-state index in [1.54, 1.807) is 12.1 Å². The van der Waals surface area contributed by atoms with E-state index in [0.717, 1.165) is 47.1 Å². The summed E-state index contributed by atoms with van der Waals surface area (Å²) in [4.78, 5) is 55.2. The average Bonchev–Trinajstić information content (AvgIpc) is 3.35. The van der Waals surface area contributed by atoms with Crippen LogP contribution in [0.5, 0.6) is 0 Å². The van der Waals surface area contributed by atoms with Crippen molar-refractivity contribution in [3.8, 4) is 0 Å². The Labute approximate surface area is 288 Å². The number of amides is 4. The van der Waals surface area contributed by atoms with Crippen LogP contribution in [0.4, 0.5) is 24.5 Å². The molecule has 2 heterocycles. The van der Waals surface area contributed by atoms with Crippen molar-refractivity contribution in [2.24, 2.45) is 0 Å². The molecule has 0 aromatic heterocycles. The summed E-state index contributed by atoms with van der Waals surface area (Å²) in [6.45, 7) is 0.909. The van der Waals surface area contributed by atoms with Gasteiger partial charge in [0, 0.05) is 18.4 Å². The number of hydrogen-bond acceptors (Lipinski definition) is 4. The summed E-state index contributed by atoms with van der Waals surface area (Å²) in [5, 5.41) is 0.268. The quantitative estimate of drug-likeness (QED) is 0.192. The third kappa shape index (κ3) is 4.88. The summed E-state index contributed by atoms with van der Waals surface area (Å²) in [6.07, 6.45) is -4.94. The Balaban J connectivity index is 1.44. The molecular weight excluding hydrogens is 832 g/mol. The minimum atomic E-state index is -4.94. The second-order valence-electron chi connectivity index (χ2n) is 10.3. The van der Waals surface area contributed by atoms with Crippen molar-refractivity contribution in [3.63, 3.8) is 0 Å². The van der Waals surface area contributed by atoms with Gasteiger partial charge in [-0.05, 0) is 105 Å². The molecule has 2 aliphatic rings. The Morgan fingerprint density at radius 3 is 1.58 bits per heavy atom. The zero-order valence-corrected chi connectivity index (χ0v) is 28.7. The van der Waals surface area contributed by atoms with Crippen LogP contribution in [0.25, 0.3) is 0 Å². The van der Waals surface area contributed by atoms with E-state index >= 15 is 13.2 Å². The number of halogens is 8. The van der Waals surface area contributed by atoms with Gasteiger partial charge in [-0.15, -0.1) is 0 Å². The number of imide groups is 2. The molecule has 0 fully saturated rings. The van der Waals surface area contributed by atoms with Crippen LogP contribution in [-0.4, -0.2) is 29.8 Å². The molecule has 6 rings (SSSR count). The van der Waals surface area contributed by atoms with Gasteiger partial charge in [0.1, 0.15) is 5.41 Å². The normalized spacial score (nSPS) is 15.9. The summed E-state index contributed by atoms with van der Waals surface area (Å²) in [7, 11) is 0. The van der Waals surface area contributed by atoms with Gasteiger partial charge in [-0.25, -0.2) is 9.80 Å².